The Morgan fingerprint density at radius 1 is 1.09 bits per heavy atom. The molecule has 1 amide bonds. The van der Waals surface area contributed by atoms with Gasteiger partial charge in [-0.25, -0.2) is 4.79 Å². The molecular formula is C17H15Cl2NO3. The van der Waals surface area contributed by atoms with E-state index < -0.39 is 18.0 Å². The Morgan fingerprint density at radius 3 is 2.48 bits per heavy atom. The van der Waals surface area contributed by atoms with Crippen LogP contribution in [0.3, 0.4) is 0 Å². The topological polar surface area (TPSA) is 55.4 Å². The highest BCUT2D eigenvalue weighted by Crippen LogP contribution is 2.20. The standard InChI is InChI=1S/C17H15Cl2NO3/c1-10-6-7-14(19)9-15(10)20-16(21)11(2)23-17(22)12-4-3-5-13(18)8-12/h3-9,11H,1-2H3,(H,20,21)/t11-/m1/s1. The van der Waals surface area contributed by atoms with Crippen molar-refractivity contribution in [2.45, 2.75) is 20.0 Å². The van der Waals surface area contributed by atoms with Crippen molar-refractivity contribution in [1.29, 1.82) is 0 Å². The molecule has 2 aromatic carbocycles. The summed E-state index contributed by atoms with van der Waals surface area (Å²) in [5.41, 5.74) is 1.72. The number of amides is 1. The van der Waals surface area contributed by atoms with Crippen LogP contribution < -0.4 is 5.32 Å². The number of aryl methyl sites for hydroxylation is 1. The predicted octanol–water partition coefficient (Wildman–Crippen LogP) is 4.49. The van der Waals surface area contributed by atoms with Crippen molar-refractivity contribution < 1.29 is 14.3 Å². The SMILES string of the molecule is Cc1ccc(Cl)cc1NC(=O)[C@@H](C)OC(=O)c1cccc(Cl)c1. The fraction of sp³-hybridized carbons (Fsp3) is 0.176. The summed E-state index contributed by atoms with van der Waals surface area (Å²) in [5.74, 6) is -1.05. The maximum absolute atomic E-state index is 12.2. The maximum atomic E-state index is 12.2. The van der Waals surface area contributed by atoms with Crippen molar-refractivity contribution in [3.8, 4) is 0 Å². The van der Waals surface area contributed by atoms with Gasteiger partial charge < -0.3 is 10.1 Å². The van der Waals surface area contributed by atoms with Crippen LogP contribution in [-0.4, -0.2) is 18.0 Å². The first-order valence-corrected chi connectivity index (χ1v) is 7.66. The average Bonchev–Trinajstić information content (AvgIpc) is 2.50. The number of esters is 1. The van der Waals surface area contributed by atoms with Gasteiger partial charge in [-0.2, -0.15) is 0 Å². The number of halogens is 2. The highest BCUT2D eigenvalue weighted by atomic mass is 35.5. The van der Waals surface area contributed by atoms with Crippen molar-refractivity contribution in [3.05, 3.63) is 63.6 Å². The van der Waals surface area contributed by atoms with Crippen LogP contribution in [0.25, 0.3) is 0 Å². The van der Waals surface area contributed by atoms with Gasteiger partial charge in [0.2, 0.25) is 0 Å². The van der Waals surface area contributed by atoms with Gasteiger partial charge in [-0.05, 0) is 49.7 Å². The Labute approximate surface area is 144 Å². The van der Waals surface area contributed by atoms with E-state index in [0.29, 0.717) is 15.7 Å². The van der Waals surface area contributed by atoms with Gasteiger partial charge >= 0.3 is 5.97 Å². The second-order valence-corrected chi connectivity index (χ2v) is 5.88. The van der Waals surface area contributed by atoms with E-state index in [1.165, 1.54) is 13.0 Å². The van der Waals surface area contributed by atoms with E-state index in [1.54, 1.807) is 36.4 Å². The second-order valence-electron chi connectivity index (χ2n) is 5.01. The lowest BCUT2D eigenvalue weighted by Gasteiger charge is -2.15. The van der Waals surface area contributed by atoms with Gasteiger partial charge in [-0.1, -0.05) is 35.3 Å². The molecule has 0 aliphatic heterocycles. The monoisotopic (exact) mass is 351 g/mol. The van der Waals surface area contributed by atoms with Crippen LogP contribution in [0.5, 0.6) is 0 Å². The van der Waals surface area contributed by atoms with E-state index in [1.807, 2.05) is 6.92 Å². The smallest absolute Gasteiger partial charge is 0.338 e. The highest BCUT2D eigenvalue weighted by Gasteiger charge is 2.19. The largest absolute Gasteiger partial charge is 0.449 e. The third kappa shape index (κ3) is 4.71. The van der Waals surface area contributed by atoms with Crippen LogP contribution in [0.4, 0.5) is 5.69 Å². The number of nitrogens with one attached hydrogen (secondary N) is 1. The summed E-state index contributed by atoms with van der Waals surface area (Å²) in [6.45, 7) is 3.34. The maximum Gasteiger partial charge on any atom is 0.338 e. The molecule has 0 aromatic heterocycles. The van der Waals surface area contributed by atoms with Gasteiger partial charge in [0.05, 0.1) is 5.56 Å². The van der Waals surface area contributed by atoms with Crippen molar-refractivity contribution in [3.63, 3.8) is 0 Å². The molecule has 0 aliphatic rings. The molecule has 2 rings (SSSR count). The van der Waals surface area contributed by atoms with Crippen LogP contribution in [0.1, 0.15) is 22.8 Å². The molecule has 0 saturated heterocycles. The molecule has 23 heavy (non-hydrogen) atoms. The quantitative estimate of drug-likeness (QED) is 0.825. The molecule has 6 heteroatoms. The summed E-state index contributed by atoms with van der Waals surface area (Å²) < 4.78 is 5.15. The number of carbonyl (C=O) groups excluding carboxylic acids is 2. The molecule has 0 saturated carbocycles. The van der Waals surface area contributed by atoms with E-state index >= 15 is 0 Å². The van der Waals surface area contributed by atoms with Gasteiger partial charge in [-0.3, -0.25) is 4.79 Å². The molecule has 120 valence electrons. The molecule has 1 atom stereocenters. The normalized spacial score (nSPS) is 11.7. The van der Waals surface area contributed by atoms with Crippen LogP contribution in [0, 0.1) is 6.92 Å². The molecule has 0 aliphatic carbocycles. The summed E-state index contributed by atoms with van der Waals surface area (Å²) in [4.78, 5) is 24.2. The first-order chi connectivity index (χ1) is 10.9. The lowest BCUT2D eigenvalue weighted by Crippen LogP contribution is -2.30. The fourth-order valence-electron chi connectivity index (χ4n) is 1.86. The molecule has 0 unspecified atom stereocenters. The van der Waals surface area contributed by atoms with Gasteiger partial charge in [0.25, 0.3) is 5.91 Å². The molecular weight excluding hydrogens is 337 g/mol. The number of ether oxygens (including phenoxy) is 1. The zero-order chi connectivity index (χ0) is 17.0. The summed E-state index contributed by atoms with van der Waals surface area (Å²) >= 11 is 11.7. The highest BCUT2D eigenvalue weighted by molar-refractivity contribution is 6.31. The van der Waals surface area contributed by atoms with Crippen LogP contribution in [-0.2, 0) is 9.53 Å². The Bertz CT molecular complexity index is 746. The molecule has 0 fully saturated rings. The number of anilines is 1. The van der Waals surface area contributed by atoms with Gasteiger partial charge in [0.1, 0.15) is 0 Å². The number of benzene rings is 2. The van der Waals surface area contributed by atoms with Gasteiger partial charge in [0.15, 0.2) is 6.10 Å². The minimum absolute atomic E-state index is 0.288. The Balaban J connectivity index is 2.02. The number of hydrogen-bond acceptors (Lipinski definition) is 3. The number of carbonyl (C=O) groups is 2. The number of rotatable bonds is 4. The van der Waals surface area contributed by atoms with E-state index in [9.17, 15) is 9.59 Å². The second kappa shape index (κ2) is 7.49. The van der Waals surface area contributed by atoms with Crippen LogP contribution in [0.15, 0.2) is 42.5 Å². The third-order valence-corrected chi connectivity index (χ3v) is 3.64. The molecule has 1 N–H and O–H groups in total. The van der Waals surface area contributed by atoms with Crippen LogP contribution in [0.2, 0.25) is 10.0 Å². The number of hydrogen-bond donors (Lipinski definition) is 1. The Hall–Kier alpha value is -2.04. The van der Waals surface area contributed by atoms with Crippen molar-refractivity contribution in [1.82, 2.24) is 0 Å². The van der Waals surface area contributed by atoms with Crippen molar-refractivity contribution in [2.75, 3.05) is 5.32 Å². The van der Waals surface area contributed by atoms with E-state index in [0.717, 1.165) is 5.56 Å². The van der Waals surface area contributed by atoms with Gasteiger partial charge in [-0.15, -0.1) is 0 Å². The summed E-state index contributed by atoms with van der Waals surface area (Å²) in [6, 6.07) is 11.5. The zero-order valence-corrected chi connectivity index (χ0v) is 14.1. The van der Waals surface area contributed by atoms with E-state index in [4.69, 9.17) is 27.9 Å². The van der Waals surface area contributed by atoms with Gasteiger partial charge in [0, 0.05) is 15.7 Å². The fourth-order valence-corrected chi connectivity index (χ4v) is 2.22. The summed E-state index contributed by atoms with van der Waals surface area (Å²) in [5, 5.41) is 3.62. The minimum Gasteiger partial charge on any atom is -0.449 e. The zero-order valence-electron chi connectivity index (χ0n) is 12.6. The molecule has 0 heterocycles. The van der Waals surface area contributed by atoms with E-state index in [2.05, 4.69) is 5.32 Å². The summed E-state index contributed by atoms with van der Waals surface area (Å²) in [6.07, 6.45) is -0.958. The summed E-state index contributed by atoms with van der Waals surface area (Å²) in [7, 11) is 0. The van der Waals surface area contributed by atoms with E-state index in [-0.39, 0.29) is 5.56 Å². The first kappa shape index (κ1) is 17.3. The molecule has 0 spiro atoms. The predicted molar refractivity (Wildman–Crippen MR) is 91.1 cm³/mol. The molecule has 4 nitrogen and oxygen atoms in total. The first-order valence-electron chi connectivity index (χ1n) is 6.90. The lowest BCUT2D eigenvalue weighted by molar-refractivity contribution is -0.123. The molecule has 0 bridgehead atoms. The van der Waals surface area contributed by atoms with Crippen molar-refractivity contribution >= 4 is 40.8 Å². The average molecular weight is 352 g/mol. The molecule has 2 aromatic rings. The van der Waals surface area contributed by atoms with Crippen molar-refractivity contribution in [2.24, 2.45) is 0 Å². The third-order valence-electron chi connectivity index (χ3n) is 3.17. The Kier molecular flexibility index (Phi) is 5.64. The lowest BCUT2D eigenvalue weighted by atomic mass is 10.2. The van der Waals surface area contributed by atoms with Crippen LogP contribution >= 0.6 is 23.2 Å². The Morgan fingerprint density at radius 2 is 1.78 bits per heavy atom. The minimum atomic E-state index is -0.958. The molecule has 0 radical (unpaired) electrons.